The van der Waals surface area contributed by atoms with Gasteiger partial charge in [0.15, 0.2) is 0 Å². The molecular formula is C11H20N2O2S3. The SMILES string of the molecule is CCSCC(=CCCCCOSC(N)=O)C(N)=S. The van der Waals surface area contributed by atoms with E-state index >= 15 is 0 Å². The maximum Gasteiger partial charge on any atom is 0.303 e. The van der Waals surface area contributed by atoms with Gasteiger partial charge in [-0.3, -0.25) is 4.79 Å². The first-order valence-electron chi connectivity index (χ1n) is 5.73. The van der Waals surface area contributed by atoms with Crippen LogP contribution in [0.2, 0.25) is 0 Å². The molecule has 0 rings (SSSR count). The van der Waals surface area contributed by atoms with Crippen molar-refractivity contribution in [2.45, 2.75) is 26.2 Å². The highest BCUT2D eigenvalue weighted by atomic mass is 32.2. The van der Waals surface area contributed by atoms with Crippen LogP contribution >= 0.6 is 36.0 Å². The lowest BCUT2D eigenvalue weighted by Gasteiger charge is -2.04. The number of primary amides is 1. The summed E-state index contributed by atoms with van der Waals surface area (Å²) in [5.41, 5.74) is 11.6. The normalized spacial score (nSPS) is 11.5. The van der Waals surface area contributed by atoms with Gasteiger partial charge in [0.2, 0.25) is 0 Å². The molecule has 0 aliphatic rings. The van der Waals surface area contributed by atoms with Gasteiger partial charge in [-0.25, -0.2) is 0 Å². The molecule has 0 bridgehead atoms. The molecule has 0 aromatic carbocycles. The third kappa shape index (κ3) is 10.9. The Labute approximate surface area is 122 Å². The minimum atomic E-state index is -0.512. The monoisotopic (exact) mass is 308 g/mol. The zero-order valence-corrected chi connectivity index (χ0v) is 13.0. The van der Waals surface area contributed by atoms with Gasteiger partial charge in [0, 0.05) is 5.75 Å². The van der Waals surface area contributed by atoms with Gasteiger partial charge in [-0.1, -0.05) is 25.2 Å². The summed E-state index contributed by atoms with van der Waals surface area (Å²) >= 11 is 7.49. The van der Waals surface area contributed by atoms with Crippen molar-refractivity contribution in [3.63, 3.8) is 0 Å². The van der Waals surface area contributed by atoms with Crippen molar-refractivity contribution in [3.8, 4) is 0 Å². The quantitative estimate of drug-likeness (QED) is 0.280. The number of thioether (sulfide) groups is 1. The third-order valence-electron chi connectivity index (χ3n) is 1.99. The first-order valence-corrected chi connectivity index (χ1v) is 8.03. The number of allylic oxidation sites excluding steroid dienone is 1. The van der Waals surface area contributed by atoms with Gasteiger partial charge in [0.05, 0.1) is 23.6 Å². The molecular weight excluding hydrogens is 288 g/mol. The fourth-order valence-corrected chi connectivity index (χ4v) is 2.39. The second kappa shape index (κ2) is 11.8. The van der Waals surface area contributed by atoms with Gasteiger partial charge in [-0.05, 0) is 30.6 Å². The van der Waals surface area contributed by atoms with Gasteiger partial charge in [0.25, 0.3) is 0 Å². The highest BCUT2D eigenvalue weighted by Gasteiger charge is 2.00. The van der Waals surface area contributed by atoms with E-state index in [9.17, 15) is 4.79 Å². The van der Waals surface area contributed by atoms with Crippen LogP contribution in [-0.2, 0) is 4.18 Å². The van der Waals surface area contributed by atoms with Crippen LogP contribution in [0.1, 0.15) is 26.2 Å². The van der Waals surface area contributed by atoms with Crippen molar-refractivity contribution in [1.29, 1.82) is 0 Å². The Morgan fingerprint density at radius 2 is 2.11 bits per heavy atom. The van der Waals surface area contributed by atoms with Crippen LogP contribution in [0.15, 0.2) is 11.6 Å². The molecule has 0 unspecified atom stereocenters. The molecule has 4 N–H and O–H groups in total. The molecule has 0 aromatic heterocycles. The topological polar surface area (TPSA) is 78.3 Å². The van der Waals surface area contributed by atoms with E-state index in [-0.39, 0.29) is 0 Å². The van der Waals surface area contributed by atoms with E-state index in [4.69, 9.17) is 27.9 Å². The lowest BCUT2D eigenvalue weighted by atomic mass is 10.2. The van der Waals surface area contributed by atoms with Crippen molar-refractivity contribution >= 4 is 46.3 Å². The second-order valence-corrected chi connectivity index (χ2v) is 5.97. The lowest BCUT2D eigenvalue weighted by Crippen LogP contribution is -2.13. The van der Waals surface area contributed by atoms with E-state index < -0.39 is 5.24 Å². The summed E-state index contributed by atoms with van der Waals surface area (Å²) < 4.78 is 4.98. The Kier molecular flexibility index (Phi) is 11.7. The smallest absolute Gasteiger partial charge is 0.303 e. The molecule has 0 saturated carbocycles. The number of carbonyl (C=O) groups is 1. The summed E-state index contributed by atoms with van der Waals surface area (Å²) in [7, 11) is 0. The highest BCUT2D eigenvalue weighted by Crippen LogP contribution is 2.11. The summed E-state index contributed by atoms with van der Waals surface area (Å²) in [6.07, 6.45) is 4.86. The van der Waals surface area contributed by atoms with E-state index in [1.807, 2.05) is 0 Å². The number of hydrogen-bond acceptors (Lipinski definition) is 5. The number of carbonyl (C=O) groups excluding carboxylic acids is 1. The standard InChI is InChI=1S/C11H20N2O2S3/c1-2-17-8-9(10(12)16)6-4-3-5-7-15-18-11(13)14/h6H,2-5,7-8H2,1H3,(H2,12,16)(H2,13,14). The molecule has 0 saturated heterocycles. The number of hydrogen-bond donors (Lipinski definition) is 2. The highest BCUT2D eigenvalue weighted by molar-refractivity contribution is 8.09. The Bertz CT molecular complexity index is 296. The first-order chi connectivity index (χ1) is 8.57. The van der Waals surface area contributed by atoms with Crippen LogP contribution < -0.4 is 11.5 Å². The maximum atomic E-state index is 10.4. The molecule has 104 valence electrons. The van der Waals surface area contributed by atoms with Gasteiger partial charge >= 0.3 is 5.24 Å². The number of thiocarbonyl (C=S) groups is 1. The molecule has 0 aliphatic carbocycles. The van der Waals surface area contributed by atoms with Crippen molar-refractivity contribution < 1.29 is 8.98 Å². The van der Waals surface area contributed by atoms with E-state index in [1.165, 1.54) is 0 Å². The minimum absolute atomic E-state index is 0.483. The number of rotatable bonds is 10. The van der Waals surface area contributed by atoms with Crippen molar-refractivity contribution in [2.24, 2.45) is 11.5 Å². The van der Waals surface area contributed by atoms with Crippen molar-refractivity contribution in [1.82, 2.24) is 0 Å². The largest absolute Gasteiger partial charge is 0.390 e. The van der Waals surface area contributed by atoms with E-state index in [2.05, 4.69) is 13.0 Å². The summed E-state index contributed by atoms with van der Waals surface area (Å²) in [5, 5.41) is -0.512. The third-order valence-corrected chi connectivity index (χ3v) is 3.63. The molecule has 4 nitrogen and oxygen atoms in total. The van der Waals surface area contributed by atoms with Crippen LogP contribution in [0.3, 0.4) is 0 Å². The molecule has 0 atom stereocenters. The molecule has 0 aliphatic heterocycles. The molecule has 0 radical (unpaired) electrons. The van der Waals surface area contributed by atoms with Gasteiger partial charge in [-0.2, -0.15) is 11.8 Å². The van der Waals surface area contributed by atoms with E-state index in [0.29, 0.717) is 23.6 Å². The molecule has 1 amide bonds. The second-order valence-electron chi connectivity index (χ2n) is 3.45. The Morgan fingerprint density at radius 3 is 2.67 bits per heavy atom. The molecule has 0 spiro atoms. The Balaban J connectivity index is 3.69. The van der Waals surface area contributed by atoms with Crippen molar-refractivity contribution in [3.05, 3.63) is 11.6 Å². The zero-order chi connectivity index (χ0) is 13.8. The van der Waals surface area contributed by atoms with Gasteiger partial charge in [0.1, 0.15) is 0 Å². The average Bonchev–Trinajstić information content (AvgIpc) is 2.30. The zero-order valence-electron chi connectivity index (χ0n) is 10.5. The predicted molar refractivity (Wildman–Crippen MR) is 84.8 cm³/mol. The van der Waals surface area contributed by atoms with E-state index in [0.717, 1.165) is 36.3 Å². The van der Waals surface area contributed by atoms with Crippen molar-refractivity contribution in [2.75, 3.05) is 18.1 Å². The van der Waals surface area contributed by atoms with Crippen LogP contribution in [0, 0.1) is 0 Å². The molecule has 7 heteroatoms. The van der Waals surface area contributed by atoms with Crippen LogP contribution in [0.5, 0.6) is 0 Å². The first kappa shape index (κ1) is 17.8. The van der Waals surface area contributed by atoms with E-state index in [1.54, 1.807) is 11.8 Å². The molecule has 0 aromatic rings. The maximum absolute atomic E-state index is 10.4. The fourth-order valence-electron chi connectivity index (χ4n) is 1.12. The van der Waals surface area contributed by atoms with Crippen LogP contribution in [-0.4, -0.2) is 28.3 Å². The molecule has 0 heterocycles. The number of amides is 1. The Morgan fingerprint density at radius 1 is 1.39 bits per heavy atom. The average molecular weight is 308 g/mol. The predicted octanol–water partition coefficient (Wildman–Crippen LogP) is 2.87. The number of unbranched alkanes of at least 4 members (excludes halogenated alkanes) is 2. The number of nitrogens with two attached hydrogens (primary N) is 2. The van der Waals surface area contributed by atoms with Gasteiger partial charge < -0.3 is 15.7 Å². The minimum Gasteiger partial charge on any atom is -0.390 e. The summed E-state index contributed by atoms with van der Waals surface area (Å²) in [6.45, 7) is 2.63. The Hall–Kier alpha value is -0.240. The summed E-state index contributed by atoms with van der Waals surface area (Å²) in [4.78, 5) is 10.9. The molecule has 18 heavy (non-hydrogen) atoms. The van der Waals surface area contributed by atoms with Crippen LogP contribution in [0.25, 0.3) is 0 Å². The summed E-state index contributed by atoms with van der Waals surface area (Å²) in [5.74, 6) is 1.93. The lowest BCUT2D eigenvalue weighted by molar-refractivity contribution is 0.264. The van der Waals surface area contributed by atoms with Crippen LogP contribution in [0.4, 0.5) is 4.79 Å². The fraction of sp³-hybridized carbons (Fsp3) is 0.636. The molecule has 0 fully saturated rings. The summed E-state index contributed by atoms with van der Waals surface area (Å²) in [6, 6.07) is 0. The van der Waals surface area contributed by atoms with Gasteiger partial charge in [-0.15, -0.1) is 0 Å².